The van der Waals surface area contributed by atoms with Gasteiger partial charge in [-0.15, -0.1) is 0 Å². The lowest BCUT2D eigenvalue weighted by Gasteiger charge is -2.30. The summed E-state index contributed by atoms with van der Waals surface area (Å²) in [7, 11) is 0. The van der Waals surface area contributed by atoms with Crippen LogP contribution in [0.25, 0.3) is 0 Å². The maximum Gasteiger partial charge on any atom is 0.0621 e. The summed E-state index contributed by atoms with van der Waals surface area (Å²) in [6.45, 7) is 1.86. The first-order chi connectivity index (χ1) is 4.10. The van der Waals surface area contributed by atoms with Crippen LogP contribution in [-0.4, -0.2) is 16.7 Å². The van der Waals surface area contributed by atoms with Crippen LogP contribution >= 0.6 is 0 Å². The van der Waals surface area contributed by atoms with E-state index in [0.29, 0.717) is 0 Å². The molecule has 1 radical (unpaired) electrons. The number of nitrogens with one attached hydrogen (secondary N) is 1. The van der Waals surface area contributed by atoms with E-state index >= 15 is 0 Å². The van der Waals surface area contributed by atoms with Gasteiger partial charge < -0.3 is 5.11 Å². The van der Waals surface area contributed by atoms with Crippen LogP contribution in [0.15, 0.2) is 0 Å². The SMILES string of the molecule is C[C@]1(O)CC[C@@H]([NH])CC1. The van der Waals surface area contributed by atoms with Crippen molar-refractivity contribution in [2.24, 2.45) is 0 Å². The molecule has 0 atom stereocenters. The molecule has 0 aromatic heterocycles. The van der Waals surface area contributed by atoms with E-state index in [0.717, 1.165) is 25.7 Å². The van der Waals surface area contributed by atoms with Crippen molar-refractivity contribution in [1.29, 1.82) is 0 Å². The van der Waals surface area contributed by atoms with Crippen LogP contribution in [0.4, 0.5) is 0 Å². The van der Waals surface area contributed by atoms with Crippen LogP contribution in [0.1, 0.15) is 32.6 Å². The van der Waals surface area contributed by atoms with Crippen LogP contribution in [0.5, 0.6) is 0 Å². The van der Waals surface area contributed by atoms with Crippen molar-refractivity contribution in [3.05, 3.63) is 0 Å². The van der Waals surface area contributed by atoms with Gasteiger partial charge in [-0.25, -0.2) is 0 Å². The second-order valence-electron chi connectivity index (χ2n) is 3.27. The van der Waals surface area contributed by atoms with Gasteiger partial charge in [0.25, 0.3) is 0 Å². The van der Waals surface area contributed by atoms with Gasteiger partial charge in [-0.1, -0.05) is 0 Å². The quantitative estimate of drug-likeness (QED) is 0.519. The van der Waals surface area contributed by atoms with Crippen molar-refractivity contribution in [2.75, 3.05) is 0 Å². The lowest BCUT2D eigenvalue weighted by molar-refractivity contribution is 0.0172. The molecule has 0 bridgehead atoms. The average Bonchev–Trinajstić information content (AvgIpc) is 1.78. The number of hydrogen-bond donors (Lipinski definition) is 1. The highest BCUT2D eigenvalue weighted by molar-refractivity contribution is 4.82. The summed E-state index contributed by atoms with van der Waals surface area (Å²) in [6.07, 6.45) is 3.35. The van der Waals surface area contributed by atoms with E-state index in [2.05, 4.69) is 0 Å². The summed E-state index contributed by atoms with van der Waals surface area (Å²) in [6, 6.07) is 0.0882. The molecule has 2 N–H and O–H groups in total. The van der Waals surface area contributed by atoms with E-state index in [1.807, 2.05) is 6.92 Å². The van der Waals surface area contributed by atoms with Gasteiger partial charge in [-0.2, -0.15) is 0 Å². The lowest BCUT2D eigenvalue weighted by Crippen LogP contribution is -2.32. The van der Waals surface area contributed by atoms with Crippen molar-refractivity contribution in [2.45, 2.75) is 44.2 Å². The monoisotopic (exact) mass is 128 g/mol. The van der Waals surface area contributed by atoms with Crippen LogP contribution in [0.3, 0.4) is 0 Å². The molecule has 0 spiro atoms. The lowest BCUT2D eigenvalue weighted by atomic mass is 9.84. The van der Waals surface area contributed by atoms with Crippen molar-refractivity contribution < 1.29 is 5.11 Å². The Morgan fingerprint density at radius 1 is 1.44 bits per heavy atom. The van der Waals surface area contributed by atoms with Gasteiger partial charge in [0.2, 0.25) is 0 Å². The van der Waals surface area contributed by atoms with Gasteiger partial charge in [0.05, 0.1) is 5.60 Å². The fourth-order valence-corrected chi connectivity index (χ4v) is 1.24. The van der Waals surface area contributed by atoms with Crippen molar-refractivity contribution in [3.8, 4) is 0 Å². The standard InChI is InChI=1S/C7H14NO/c1-7(9)4-2-6(8)3-5-7/h6,8-9H,2-5H2,1H3/t6-,7+. The van der Waals surface area contributed by atoms with Gasteiger partial charge in [0.1, 0.15) is 0 Å². The van der Waals surface area contributed by atoms with Crippen LogP contribution < -0.4 is 5.73 Å². The molecule has 0 heterocycles. The molecule has 1 rings (SSSR count). The molecule has 0 amide bonds. The Labute approximate surface area is 56.1 Å². The third-order valence-corrected chi connectivity index (χ3v) is 2.06. The normalized spacial score (nSPS) is 45.0. The van der Waals surface area contributed by atoms with Crippen molar-refractivity contribution in [1.82, 2.24) is 5.73 Å². The number of aliphatic hydroxyl groups is 1. The summed E-state index contributed by atoms with van der Waals surface area (Å²) in [5.41, 5.74) is 6.88. The highest BCUT2D eigenvalue weighted by Crippen LogP contribution is 2.26. The minimum atomic E-state index is -0.461. The van der Waals surface area contributed by atoms with E-state index in [9.17, 15) is 5.11 Å². The third kappa shape index (κ3) is 1.95. The first kappa shape index (κ1) is 7.03. The zero-order chi connectivity index (χ0) is 6.91. The smallest absolute Gasteiger partial charge is 0.0621 e. The van der Waals surface area contributed by atoms with Gasteiger partial charge in [-0.05, 0) is 32.6 Å². The Hall–Kier alpha value is -0.0800. The second kappa shape index (κ2) is 2.27. The molecule has 1 saturated carbocycles. The summed E-state index contributed by atoms with van der Waals surface area (Å²) < 4.78 is 0. The van der Waals surface area contributed by atoms with Crippen molar-refractivity contribution >= 4 is 0 Å². The van der Waals surface area contributed by atoms with Gasteiger partial charge in [0.15, 0.2) is 0 Å². The Kier molecular flexibility index (Phi) is 1.78. The van der Waals surface area contributed by atoms with Crippen LogP contribution in [-0.2, 0) is 0 Å². The molecule has 1 fully saturated rings. The van der Waals surface area contributed by atoms with Crippen LogP contribution in [0.2, 0.25) is 0 Å². The van der Waals surface area contributed by atoms with Gasteiger partial charge >= 0.3 is 0 Å². The first-order valence-corrected chi connectivity index (χ1v) is 3.54. The minimum Gasteiger partial charge on any atom is -0.390 e. The number of hydrogen-bond acceptors (Lipinski definition) is 1. The molecule has 0 aliphatic heterocycles. The van der Waals surface area contributed by atoms with Crippen LogP contribution in [0, 0.1) is 0 Å². The molecule has 2 nitrogen and oxygen atoms in total. The van der Waals surface area contributed by atoms with E-state index in [-0.39, 0.29) is 6.04 Å². The van der Waals surface area contributed by atoms with Gasteiger partial charge in [-0.3, -0.25) is 5.73 Å². The molecule has 0 unspecified atom stereocenters. The zero-order valence-corrected chi connectivity index (χ0v) is 5.85. The molecule has 9 heavy (non-hydrogen) atoms. The van der Waals surface area contributed by atoms with E-state index in [1.54, 1.807) is 0 Å². The predicted octanol–water partition coefficient (Wildman–Crippen LogP) is 0.963. The third-order valence-electron chi connectivity index (χ3n) is 2.06. The molecule has 2 heteroatoms. The van der Waals surface area contributed by atoms with Gasteiger partial charge in [0, 0.05) is 6.04 Å². The molecular formula is C7H14NO. The van der Waals surface area contributed by atoms with E-state index in [4.69, 9.17) is 5.73 Å². The highest BCUT2D eigenvalue weighted by Gasteiger charge is 2.26. The summed E-state index contributed by atoms with van der Waals surface area (Å²) >= 11 is 0. The Balaban J connectivity index is 2.35. The average molecular weight is 128 g/mol. The Morgan fingerprint density at radius 2 is 1.89 bits per heavy atom. The number of rotatable bonds is 0. The molecule has 1 aliphatic rings. The highest BCUT2D eigenvalue weighted by atomic mass is 16.3. The van der Waals surface area contributed by atoms with E-state index < -0.39 is 5.60 Å². The fraction of sp³-hybridized carbons (Fsp3) is 1.00. The maximum absolute atomic E-state index is 9.41. The summed E-state index contributed by atoms with van der Waals surface area (Å²) in [5, 5.41) is 9.41. The summed E-state index contributed by atoms with van der Waals surface area (Å²) in [5.74, 6) is 0. The topological polar surface area (TPSA) is 44.0 Å². The molecular weight excluding hydrogens is 114 g/mol. The Bertz CT molecular complexity index is 91.1. The fourth-order valence-electron chi connectivity index (χ4n) is 1.24. The van der Waals surface area contributed by atoms with Crippen molar-refractivity contribution in [3.63, 3.8) is 0 Å². The maximum atomic E-state index is 9.41. The molecule has 1 aliphatic carbocycles. The molecule has 0 aromatic carbocycles. The first-order valence-electron chi connectivity index (χ1n) is 3.54. The Morgan fingerprint density at radius 3 is 2.22 bits per heavy atom. The molecule has 53 valence electrons. The predicted molar refractivity (Wildman–Crippen MR) is 36.0 cm³/mol. The van der Waals surface area contributed by atoms with E-state index in [1.165, 1.54) is 0 Å². The minimum absolute atomic E-state index is 0.0882. The summed E-state index contributed by atoms with van der Waals surface area (Å²) in [4.78, 5) is 0. The largest absolute Gasteiger partial charge is 0.390 e. The molecule has 0 saturated heterocycles. The zero-order valence-electron chi connectivity index (χ0n) is 5.85. The molecule has 0 aromatic rings. The second-order valence-corrected chi connectivity index (χ2v) is 3.27.